The van der Waals surface area contributed by atoms with Gasteiger partial charge in [0.25, 0.3) is 0 Å². The molecule has 5 nitrogen and oxygen atoms in total. The predicted molar refractivity (Wildman–Crippen MR) is 79.5 cm³/mol. The van der Waals surface area contributed by atoms with E-state index < -0.39 is 11.7 Å². The third-order valence-electron chi connectivity index (χ3n) is 3.20. The van der Waals surface area contributed by atoms with E-state index in [9.17, 15) is 9.59 Å². The van der Waals surface area contributed by atoms with Gasteiger partial charge in [0.1, 0.15) is 5.60 Å². The van der Waals surface area contributed by atoms with Crippen molar-refractivity contribution in [3.05, 3.63) is 35.4 Å². The monoisotopic (exact) mass is 290 g/mol. The first-order valence-electron chi connectivity index (χ1n) is 7.16. The van der Waals surface area contributed by atoms with Crippen LogP contribution in [0.3, 0.4) is 0 Å². The minimum atomic E-state index is -0.523. The first kappa shape index (κ1) is 15.4. The van der Waals surface area contributed by atoms with E-state index >= 15 is 0 Å². The van der Waals surface area contributed by atoms with Crippen LogP contribution in [-0.2, 0) is 22.6 Å². The molecule has 5 heteroatoms. The lowest BCUT2D eigenvalue weighted by atomic mass is 10.1. The van der Waals surface area contributed by atoms with Crippen molar-refractivity contribution in [1.82, 2.24) is 10.2 Å². The number of nitrogens with zero attached hydrogens (tertiary/aromatic N) is 1. The maximum atomic E-state index is 12.1. The fourth-order valence-electron chi connectivity index (χ4n) is 2.25. The molecular formula is C16H22N2O3. The smallest absolute Gasteiger partial charge is 0.407 e. The molecule has 1 heterocycles. The first-order chi connectivity index (χ1) is 9.85. The molecule has 0 radical (unpaired) electrons. The average Bonchev–Trinajstić information content (AvgIpc) is 2.80. The van der Waals surface area contributed by atoms with Gasteiger partial charge in [0.2, 0.25) is 5.91 Å². The van der Waals surface area contributed by atoms with Gasteiger partial charge in [-0.2, -0.15) is 0 Å². The van der Waals surface area contributed by atoms with Crippen LogP contribution in [0.4, 0.5) is 4.79 Å². The Labute approximate surface area is 125 Å². The van der Waals surface area contributed by atoms with Gasteiger partial charge in [-0.05, 0) is 31.9 Å². The van der Waals surface area contributed by atoms with Gasteiger partial charge in [-0.25, -0.2) is 4.79 Å². The quantitative estimate of drug-likeness (QED) is 0.930. The second kappa shape index (κ2) is 6.16. The van der Waals surface area contributed by atoms with Gasteiger partial charge >= 0.3 is 6.09 Å². The molecule has 21 heavy (non-hydrogen) atoms. The summed E-state index contributed by atoms with van der Waals surface area (Å²) in [6.07, 6.45) is -0.201. The molecule has 114 valence electrons. The van der Waals surface area contributed by atoms with Crippen LogP contribution in [0.5, 0.6) is 0 Å². The fourth-order valence-corrected chi connectivity index (χ4v) is 2.25. The van der Waals surface area contributed by atoms with Crippen LogP contribution >= 0.6 is 0 Å². The maximum Gasteiger partial charge on any atom is 0.407 e. The molecule has 2 rings (SSSR count). The summed E-state index contributed by atoms with van der Waals surface area (Å²) in [6, 6.07) is 8.05. The van der Waals surface area contributed by atoms with Crippen molar-refractivity contribution in [2.24, 2.45) is 0 Å². The summed E-state index contributed by atoms with van der Waals surface area (Å²) in [5, 5.41) is 2.61. The van der Waals surface area contributed by atoms with E-state index in [-0.39, 0.29) is 12.3 Å². The summed E-state index contributed by atoms with van der Waals surface area (Å²) < 4.78 is 5.12. The van der Waals surface area contributed by atoms with Crippen molar-refractivity contribution in [2.45, 2.75) is 45.9 Å². The zero-order valence-electron chi connectivity index (χ0n) is 12.8. The third kappa shape index (κ3) is 4.48. The molecule has 1 N–H and O–H groups in total. The standard InChI is InChI=1S/C16H22N2O3/c1-16(2,3)21-15(20)17-9-8-14(19)18-10-12-6-4-5-7-13(12)11-18/h4-7H,8-11H2,1-3H3,(H,17,20). The number of carbonyl (C=O) groups is 2. The normalized spacial score (nSPS) is 13.8. The summed E-state index contributed by atoms with van der Waals surface area (Å²) in [6.45, 7) is 7.01. The van der Waals surface area contributed by atoms with Gasteiger partial charge in [-0.15, -0.1) is 0 Å². The van der Waals surface area contributed by atoms with Gasteiger partial charge in [0, 0.05) is 26.1 Å². The minimum Gasteiger partial charge on any atom is -0.444 e. The van der Waals surface area contributed by atoms with E-state index in [4.69, 9.17) is 4.74 Å². The molecule has 0 aromatic heterocycles. The number of fused-ring (bicyclic) bond motifs is 1. The van der Waals surface area contributed by atoms with Crippen molar-refractivity contribution >= 4 is 12.0 Å². The van der Waals surface area contributed by atoms with Crippen LogP contribution in [0.25, 0.3) is 0 Å². The summed E-state index contributed by atoms with van der Waals surface area (Å²) in [7, 11) is 0. The Kier molecular flexibility index (Phi) is 4.50. The lowest BCUT2D eigenvalue weighted by molar-refractivity contribution is -0.131. The SMILES string of the molecule is CC(C)(C)OC(=O)NCCC(=O)N1Cc2ccccc2C1. The summed E-state index contributed by atoms with van der Waals surface area (Å²) in [5.74, 6) is 0.0438. The van der Waals surface area contributed by atoms with E-state index in [1.807, 2.05) is 24.3 Å². The van der Waals surface area contributed by atoms with Gasteiger partial charge < -0.3 is 15.0 Å². The number of hydrogen-bond acceptors (Lipinski definition) is 3. The van der Waals surface area contributed by atoms with Gasteiger partial charge in [0.15, 0.2) is 0 Å². The number of nitrogens with one attached hydrogen (secondary N) is 1. The Morgan fingerprint density at radius 1 is 1.19 bits per heavy atom. The summed E-state index contributed by atoms with van der Waals surface area (Å²) in [5.41, 5.74) is 1.88. The van der Waals surface area contributed by atoms with Crippen molar-refractivity contribution in [3.63, 3.8) is 0 Å². The van der Waals surface area contributed by atoms with Crippen molar-refractivity contribution in [2.75, 3.05) is 6.54 Å². The van der Waals surface area contributed by atoms with E-state index in [2.05, 4.69) is 5.32 Å². The molecule has 0 saturated heterocycles. The number of carbonyl (C=O) groups excluding carboxylic acids is 2. The van der Waals surface area contributed by atoms with E-state index in [1.165, 1.54) is 11.1 Å². The molecule has 0 aliphatic carbocycles. The molecule has 0 spiro atoms. The van der Waals surface area contributed by atoms with Crippen LogP contribution in [0.1, 0.15) is 38.3 Å². The Morgan fingerprint density at radius 3 is 2.29 bits per heavy atom. The number of alkyl carbamates (subject to hydrolysis) is 1. The lowest BCUT2D eigenvalue weighted by Gasteiger charge is -2.20. The second-order valence-corrected chi connectivity index (χ2v) is 6.20. The number of ether oxygens (including phenoxy) is 1. The maximum absolute atomic E-state index is 12.1. The highest BCUT2D eigenvalue weighted by Gasteiger charge is 2.22. The van der Waals surface area contributed by atoms with Crippen LogP contribution in [0.2, 0.25) is 0 Å². The molecule has 0 unspecified atom stereocenters. The minimum absolute atomic E-state index is 0.0438. The topological polar surface area (TPSA) is 58.6 Å². The molecule has 1 aliphatic heterocycles. The molecule has 2 amide bonds. The molecule has 1 aromatic carbocycles. The zero-order valence-corrected chi connectivity index (χ0v) is 12.8. The van der Waals surface area contributed by atoms with Crippen molar-refractivity contribution in [1.29, 1.82) is 0 Å². The zero-order chi connectivity index (χ0) is 15.5. The first-order valence-corrected chi connectivity index (χ1v) is 7.16. The van der Waals surface area contributed by atoms with E-state index in [0.717, 1.165) is 0 Å². The number of rotatable bonds is 3. The van der Waals surface area contributed by atoms with Crippen molar-refractivity contribution in [3.8, 4) is 0 Å². The number of benzene rings is 1. The van der Waals surface area contributed by atoms with Crippen LogP contribution in [0, 0.1) is 0 Å². The fraction of sp³-hybridized carbons (Fsp3) is 0.500. The second-order valence-electron chi connectivity index (χ2n) is 6.20. The number of hydrogen-bond donors (Lipinski definition) is 1. The largest absolute Gasteiger partial charge is 0.444 e. The molecule has 0 fully saturated rings. The van der Waals surface area contributed by atoms with Crippen LogP contribution < -0.4 is 5.32 Å². The van der Waals surface area contributed by atoms with Crippen LogP contribution in [0.15, 0.2) is 24.3 Å². The predicted octanol–water partition coefficient (Wildman–Crippen LogP) is 2.44. The molecule has 0 saturated carbocycles. The Hall–Kier alpha value is -2.04. The highest BCUT2D eigenvalue weighted by molar-refractivity contribution is 5.78. The molecule has 1 aromatic rings. The summed E-state index contributed by atoms with van der Waals surface area (Å²) in [4.78, 5) is 25.4. The number of amides is 2. The molecule has 0 atom stereocenters. The summed E-state index contributed by atoms with van der Waals surface area (Å²) >= 11 is 0. The molecule has 1 aliphatic rings. The van der Waals surface area contributed by atoms with Gasteiger partial charge in [0.05, 0.1) is 0 Å². The molecule has 0 bridgehead atoms. The third-order valence-corrected chi connectivity index (χ3v) is 3.20. The Bertz CT molecular complexity index is 510. The Morgan fingerprint density at radius 2 is 1.76 bits per heavy atom. The van der Waals surface area contributed by atoms with E-state index in [0.29, 0.717) is 19.6 Å². The van der Waals surface area contributed by atoms with Crippen molar-refractivity contribution < 1.29 is 14.3 Å². The van der Waals surface area contributed by atoms with Crippen LogP contribution in [-0.4, -0.2) is 29.0 Å². The highest BCUT2D eigenvalue weighted by atomic mass is 16.6. The molecular weight excluding hydrogens is 268 g/mol. The highest BCUT2D eigenvalue weighted by Crippen LogP contribution is 2.22. The van der Waals surface area contributed by atoms with Gasteiger partial charge in [-0.3, -0.25) is 4.79 Å². The Balaban J connectivity index is 1.73. The van der Waals surface area contributed by atoms with Gasteiger partial charge in [-0.1, -0.05) is 24.3 Å². The average molecular weight is 290 g/mol. The lowest BCUT2D eigenvalue weighted by Crippen LogP contribution is -2.35. The van der Waals surface area contributed by atoms with E-state index in [1.54, 1.807) is 25.7 Å².